The number of nitrogens with two attached hydrogens (primary N) is 1. The van der Waals surface area contributed by atoms with Crippen LogP contribution in [0.3, 0.4) is 0 Å². The summed E-state index contributed by atoms with van der Waals surface area (Å²) >= 11 is 2.22. The number of benzene rings is 2. The second kappa shape index (κ2) is 6.06. The molecule has 0 saturated heterocycles. The Morgan fingerprint density at radius 3 is 2.42 bits per heavy atom. The number of nitrogens with zero attached hydrogens (tertiary/aromatic N) is 1. The lowest BCUT2D eigenvalue weighted by Gasteiger charge is -2.18. The van der Waals surface area contributed by atoms with Crippen LogP contribution in [0.1, 0.15) is 15.9 Å². The molecule has 2 aromatic carbocycles. The number of halogens is 1. The van der Waals surface area contributed by atoms with Crippen LogP contribution in [0.2, 0.25) is 0 Å². The van der Waals surface area contributed by atoms with E-state index >= 15 is 0 Å². The Bertz CT molecular complexity index is 581. The fourth-order valence-corrected chi connectivity index (χ4v) is 2.18. The first-order valence-corrected chi connectivity index (χ1v) is 7.00. The molecule has 0 aromatic heterocycles. The van der Waals surface area contributed by atoms with Gasteiger partial charge in [-0.1, -0.05) is 18.2 Å². The summed E-state index contributed by atoms with van der Waals surface area (Å²) in [6, 6.07) is 15.1. The molecule has 2 N–H and O–H groups in total. The number of nitrogen functional groups attached to an aromatic ring is 1. The highest BCUT2D eigenvalue weighted by atomic mass is 127. The fourth-order valence-electron chi connectivity index (χ4n) is 1.82. The van der Waals surface area contributed by atoms with Gasteiger partial charge in [-0.15, -0.1) is 0 Å². The molecule has 0 unspecified atom stereocenters. The SMILES string of the molecule is CN(Cc1ccccc1N)C(=O)c1ccc(I)cc1. The van der Waals surface area contributed by atoms with Gasteiger partial charge in [0, 0.05) is 28.4 Å². The van der Waals surface area contributed by atoms with Gasteiger partial charge in [-0.2, -0.15) is 0 Å². The first kappa shape index (κ1) is 13.9. The van der Waals surface area contributed by atoms with E-state index in [2.05, 4.69) is 22.6 Å². The predicted octanol–water partition coefficient (Wildman–Crippen LogP) is 3.15. The van der Waals surface area contributed by atoms with Gasteiger partial charge in [0.25, 0.3) is 5.91 Å². The van der Waals surface area contributed by atoms with Crippen LogP contribution in [-0.4, -0.2) is 17.9 Å². The van der Waals surface area contributed by atoms with E-state index in [-0.39, 0.29) is 5.91 Å². The summed E-state index contributed by atoms with van der Waals surface area (Å²) in [7, 11) is 1.78. The molecule has 19 heavy (non-hydrogen) atoms. The molecule has 0 aliphatic rings. The molecule has 0 aliphatic heterocycles. The van der Waals surface area contributed by atoms with E-state index in [0.29, 0.717) is 17.8 Å². The Balaban J connectivity index is 2.12. The van der Waals surface area contributed by atoms with Crippen LogP contribution >= 0.6 is 22.6 Å². The molecule has 0 spiro atoms. The zero-order valence-electron chi connectivity index (χ0n) is 10.6. The Morgan fingerprint density at radius 2 is 1.79 bits per heavy atom. The summed E-state index contributed by atoms with van der Waals surface area (Å²) in [6.07, 6.45) is 0. The molecule has 0 saturated carbocycles. The van der Waals surface area contributed by atoms with E-state index in [1.54, 1.807) is 11.9 Å². The first-order valence-electron chi connectivity index (χ1n) is 5.92. The van der Waals surface area contributed by atoms with E-state index < -0.39 is 0 Å². The lowest BCUT2D eigenvalue weighted by Crippen LogP contribution is -2.26. The molecule has 0 radical (unpaired) electrons. The number of carbonyl (C=O) groups excluding carboxylic acids is 1. The van der Waals surface area contributed by atoms with Gasteiger partial charge in [0.05, 0.1) is 0 Å². The van der Waals surface area contributed by atoms with Crippen LogP contribution in [0.25, 0.3) is 0 Å². The molecule has 0 heterocycles. The van der Waals surface area contributed by atoms with E-state index in [4.69, 9.17) is 5.73 Å². The predicted molar refractivity (Wildman–Crippen MR) is 85.8 cm³/mol. The highest BCUT2D eigenvalue weighted by Gasteiger charge is 2.12. The lowest BCUT2D eigenvalue weighted by molar-refractivity contribution is 0.0785. The molecule has 2 aromatic rings. The van der Waals surface area contributed by atoms with E-state index in [9.17, 15) is 4.79 Å². The average Bonchev–Trinajstić information content (AvgIpc) is 2.41. The molecule has 3 nitrogen and oxygen atoms in total. The van der Waals surface area contributed by atoms with Crippen molar-refractivity contribution in [3.63, 3.8) is 0 Å². The van der Waals surface area contributed by atoms with Crippen molar-refractivity contribution in [3.05, 3.63) is 63.2 Å². The molecular weight excluding hydrogens is 351 g/mol. The zero-order valence-corrected chi connectivity index (χ0v) is 12.8. The van der Waals surface area contributed by atoms with Gasteiger partial charge >= 0.3 is 0 Å². The highest BCUT2D eigenvalue weighted by Crippen LogP contribution is 2.15. The maximum absolute atomic E-state index is 12.3. The van der Waals surface area contributed by atoms with E-state index in [0.717, 1.165) is 9.13 Å². The Labute approximate surface area is 126 Å². The van der Waals surface area contributed by atoms with Gasteiger partial charge in [0.2, 0.25) is 0 Å². The molecule has 1 amide bonds. The monoisotopic (exact) mass is 366 g/mol. The van der Waals surface area contributed by atoms with Crippen molar-refractivity contribution in [1.29, 1.82) is 0 Å². The molecule has 98 valence electrons. The van der Waals surface area contributed by atoms with Crippen LogP contribution in [0.15, 0.2) is 48.5 Å². The number of rotatable bonds is 3. The van der Waals surface area contributed by atoms with Crippen molar-refractivity contribution in [3.8, 4) is 0 Å². The number of para-hydroxylation sites is 1. The van der Waals surface area contributed by atoms with E-state index in [1.807, 2.05) is 48.5 Å². The largest absolute Gasteiger partial charge is 0.398 e. The summed E-state index contributed by atoms with van der Waals surface area (Å²) in [6.45, 7) is 0.511. The minimum atomic E-state index is -0.000321. The first-order chi connectivity index (χ1) is 9.08. The second-order valence-corrected chi connectivity index (χ2v) is 5.61. The standard InChI is InChI=1S/C15H15IN2O/c1-18(10-12-4-2-3-5-14(12)17)15(19)11-6-8-13(16)9-7-11/h2-9H,10,17H2,1H3. The second-order valence-electron chi connectivity index (χ2n) is 4.37. The smallest absolute Gasteiger partial charge is 0.253 e. The topological polar surface area (TPSA) is 46.3 Å². The van der Waals surface area contributed by atoms with Gasteiger partial charge in [-0.3, -0.25) is 4.79 Å². The van der Waals surface area contributed by atoms with Gasteiger partial charge in [-0.05, 0) is 58.5 Å². The minimum absolute atomic E-state index is 0.000321. The number of hydrogen-bond donors (Lipinski definition) is 1. The summed E-state index contributed by atoms with van der Waals surface area (Å²) in [5, 5.41) is 0. The van der Waals surface area contributed by atoms with Crippen molar-refractivity contribution in [1.82, 2.24) is 4.90 Å². The number of carbonyl (C=O) groups is 1. The van der Waals surface area contributed by atoms with Gasteiger partial charge in [-0.25, -0.2) is 0 Å². The van der Waals surface area contributed by atoms with Crippen molar-refractivity contribution in [2.45, 2.75) is 6.54 Å². The normalized spacial score (nSPS) is 10.2. The van der Waals surface area contributed by atoms with Crippen LogP contribution < -0.4 is 5.73 Å². The Morgan fingerprint density at radius 1 is 1.16 bits per heavy atom. The van der Waals surface area contributed by atoms with Crippen molar-refractivity contribution in [2.75, 3.05) is 12.8 Å². The highest BCUT2D eigenvalue weighted by molar-refractivity contribution is 14.1. The molecule has 2 rings (SSSR count). The Kier molecular flexibility index (Phi) is 4.42. The van der Waals surface area contributed by atoms with Gasteiger partial charge in [0.1, 0.15) is 0 Å². The third-order valence-corrected chi connectivity index (χ3v) is 3.62. The summed E-state index contributed by atoms with van der Waals surface area (Å²) in [4.78, 5) is 13.9. The maximum atomic E-state index is 12.3. The minimum Gasteiger partial charge on any atom is -0.398 e. The van der Waals surface area contributed by atoms with E-state index in [1.165, 1.54) is 0 Å². The van der Waals surface area contributed by atoms with Crippen LogP contribution in [0.4, 0.5) is 5.69 Å². The van der Waals surface area contributed by atoms with Crippen LogP contribution in [-0.2, 0) is 6.54 Å². The molecule has 0 fully saturated rings. The van der Waals surface area contributed by atoms with Crippen molar-refractivity contribution < 1.29 is 4.79 Å². The van der Waals surface area contributed by atoms with Crippen molar-refractivity contribution in [2.24, 2.45) is 0 Å². The average molecular weight is 366 g/mol. The number of hydrogen-bond acceptors (Lipinski definition) is 2. The quantitative estimate of drug-likeness (QED) is 0.670. The number of anilines is 1. The molecule has 0 atom stereocenters. The molecule has 0 aliphatic carbocycles. The zero-order chi connectivity index (χ0) is 13.8. The van der Waals surface area contributed by atoms with Crippen molar-refractivity contribution >= 4 is 34.2 Å². The maximum Gasteiger partial charge on any atom is 0.253 e. The lowest BCUT2D eigenvalue weighted by atomic mass is 10.1. The van der Waals surface area contributed by atoms with Gasteiger partial charge in [0.15, 0.2) is 0 Å². The third kappa shape index (κ3) is 3.47. The Hall–Kier alpha value is -1.56. The molecule has 4 heteroatoms. The number of amides is 1. The fraction of sp³-hybridized carbons (Fsp3) is 0.133. The third-order valence-electron chi connectivity index (χ3n) is 2.90. The van der Waals surface area contributed by atoms with Crippen LogP contribution in [0.5, 0.6) is 0 Å². The molecular formula is C15H15IN2O. The molecule has 0 bridgehead atoms. The summed E-state index contributed by atoms with van der Waals surface area (Å²) < 4.78 is 1.11. The van der Waals surface area contributed by atoms with Gasteiger partial charge < -0.3 is 10.6 Å². The summed E-state index contributed by atoms with van der Waals surface area (Å²) in [5.74, 6) is -0.000321. The summed E-state index contributed by atoms with van der Waals surface area (Å²) in [5.41, 5.74) is 8.26. The van der Waals surface area contributed by atoms with Crippen LogP contribution in [0, 0.1) is 3.57 Å².